The molecule has 0 fully saturated rings. The molecule has 4 heteroatoms. The molecule has 0 radical (unpaired) electrons. The first-order valence-electron chi connectivity index (χ1n) is 13.4. The Morgan fingerprint density at radius 2 is 1.27 bits per heavy atom. The number of halogens is 2. The summed E-state index contributed by atoms with van der Waals surface area (Å²) in [6.07, 6.45) is 7.26. The SMILES string of the molecule is CCCCC1(CCCC)c2ccccc2-c2cccc(N3c4ccc(Br)cc4Sc4cc(Br)ccc43)c21. The molecule has 0 saturated heterocycles. The number of hydrogen-bond acceptors (Lipinski definition) is 2. The topological polar surface area (TPSA) is 3.24 Å². The predicted octanol–water partition coefficient (Wildman–Crippen LogP) is 11.8. The van der Waals surface area contributed by atoms with E-state index in [9.17, 15) is 0 Å². The van der Waals surface area contributed by atoms with Crippen LogP contribution >= 0.6 is 43.6 Å². The molecular weight excluding hydrogens is 602 g/mol. The van der Waals surface area contributed by atoms with Crippen LogP contribution < -0.4 is 4.90 Å². The third-order valence-corrected chi connectivity index (χ3v) is 10.0. The number of fused-ring (bicyclic) bond motifs is 5. The van der Waals surface area contributed by atoms with Crippen LogP contribution in [0.15, 0.2) is 97.6 Å². The monoisotopic (exact) mass is 631 g/mol. The maximum Gasteiger partial charge on any atom is 0.0602 e. The average Bonchev–Trinajstić information content (AvgIpc) is 3.19. The Morgan fingerprint density at radius 3 is 1.89 bits per heavy atom. The molecule has 1 aliphatic heterocycles. The van der Waals surface area contributed by atoms with E-state index in [2.05, 4.69) is 129 Å². The lowest BCUT2D eigenvalue weighted by Crippen LogP contribution is -2.28. The predicted molar refractivity (Wildman–Crippen MR) is 166 cm³/mol. The summed E-state index contributed by atoms with van der Waals surface area (Å²) in [5.74, 6) is 0. The van der Waals surface area contributed by atoms with Crippen molar-refractivity contribution >= 4 is 60.7 Å². The second-order valence-electron chi connectivity index (χ2n) is 10.2. The van der Waals surface area contributed by atoms with Crippen LogP contribution in [0, 0.1) is 0 Å². The van der Waals surface area contributed by atoms with Crippen molar-refractivity contribution in [3.63, 3.8) is 0 Å². The van der Waals surface area contributed by atoms with E-state index in [0.717, 1.165) is 8.95 Å². The van der Waals surface area contributed by atoms with Crippen LogP contribution in [0.25, 0.3) is 11.1 Å². The third kappa shape index (κ3) is 4.20. The van der Waals surface area contributed by atoms with Crippen LogP contribution in [-0.2, 0) is 5.41 Å². The van der Waals surface area contributed by atoms with Gasteiger partial charge in [-0.1, -0.05) is 120 Å². The number of unbranched alkanes of at least 4 members (excludes halogenated alkanes) is 2. The Hall–Kier alpha value is -2.01. The number of rotatable bonds is 7. The molecule has 1 nitrogen and oxygen atoms in total. The van der Waals surface area contributed by atoms with Crippen LogP contribution in [-0.4, -0.2) is 0 Å². The third-order valence-electron chi connectivity index (χ3n) is 7.95. The van der Waals surface area contributed by atoms with Gasteiger partial charge in [-0.2, -0.15) is 0 Å². The molecule has 4 aromatic rings. The van der Waals surface area contributed by atoms with Gasteiger partial charge in [-0.15, -0.1) is 0 Å². The lowest BCUT2D eigenvalue weighted by atomic mass is 9.70. The van der Waals surface area contributed by atoms with E-state index in [1.54, 1.807) is 0 Å². The highest BCUT2D eigenvalue weighted by atomic mass is 79.9. The first kappa shape index (κ1) is 25.3. The van der Waals surface area contributed by atoms with Gasteiger partial charge in [-0.3, -0.25) is 0 Å². The molecule has 1 heterocycles. The quantitative estimate of drug-likeness (QED) is 0.175. The zero-order valence-corrected chi connectivity index (χ0v) is 25.3. The van der Waals surface area contributed by atoms with Crippen molar-refractivity contribution in [3.05, 3.63) is 98.9 Å². The van der Waals surface area contributed by atoms with Crippen molar-refractivity contribution in [2.45, 2.75) is 67.6 Å². The van der Waals surface area contributed by atoms with E-state index < -0.39 is 0 Å². The number of anilines is 3. The van der Waals surface area contributed by atoms with Gasteiger partial charge in [0.05, 0.1) is 17.1 Å². The van der Waals surface area contributed by atoms with Crippen molar-refractivity contribution in [1.29, 1.82) is 0 Å². The zero-order chi connectivity index (χ0) is 25.6. The van der Waals surface area contributed by atoms with E-state index in [0.29, 0.717) is 0 Å². The molecule has 1 aliphatic carbocycles. The average molecular weight is 633 g/mol. The van der Waals surface area contributed by atoms with Crippen LogP contribution in [0.3, 0.4) is 0 Å². The molecule has 2 aliphatic rings. The lowest BCUT2D eigenvalue weighted by Gasteiger charge is -2.39. The van der Waals surface area contributed by atoms with Crippen LogP contribution in [0.5, 0.6) is 0 Å². The van der Waals surface area contributed by atoms with Crippen molar-refractivity contribution < 1.29 is 0 Å². The molecular formula is C33H31Br2NS. The van der Waals surface area contributed by atoms with Gasteiger partial charge >= 0.3 is 0 Å². The summed E-state index contributed by atoms with van der Waals surface area (Å²) in [6.45, 7) is 4.65. The molecule has 0 aromatic heterocycles. The first-order valence-corrected chi connectivity index (χ1v) is 15.8. The summed E-state index contributed by atoms with van der Waals surface area (Å²) in [6, 6.07) is 29.6. The van der Waals surface area contributed by atoms with Crippen molar-refractivity contribution in [2.75, 3.05) is 4.90 Å². The fraction of sp³-hybridized carbons (Fsp3) is 0.273. The summed E-state index contributed by atoms with van der Waals surface area (Å²) in [4.78, 5) is 5.10. The smallest absolute Gasteiger partial charge is 0.0602 e. The minimum Gasteiger partial charge on any atom is -0.308 e. The Kier molecular flexibility index (Phi) is 7.02. The van der Waals surface area contributed by atoms with Gasteiger partial charge in [0.25, 0.3) is 0 Å². The van der Waals surface area contributed by atoms with Crippen LogP contribution in [0.1, 0.15) is 63.5 Å². The van der Waals surface area contributed by atoms with Gasteiger partial charge in [0.2, 0.25) is 0 Å². The minimum absolute atomic E-state index is 0.0319. The maximum absolute atomic E-state index is 3.72. The Labute approximate surface area is 241 Å². The Morgan fingerprint density at radius 1 is 0.676 bits per heavy atom. The van der Waals surface area contributed by atoms with Gasteiger partial charge in [-0.25, -0.2) is 0 Å². The second-order valence-corrected chi connectivity index (χ2v) is 13.1. The van der Waals surface area contributed by atoms with E-state index in [4.69, 9.17) is 0 Å². The van der Waals surface area contributed by atoms with Gasteiger partial charge < -0.3 is 4.90 Å². The summed E-state index contributed by atoms with van der Waals surface area (Å²) < 4.78 is 2.23. The molecule has 0 spiro atoms. The summed E-state index contributed by atoms with van der Waals surface area (Å²) in [7, 11) is 0. The number of benzene rings is 4. The van der Waals surface area contributed by atoms with E-state index in [-0.39, 0.29) is 5.41 Å². The zero-order valence-electron chi connectivity index (χ0n) is 21.4. The Balaban J connectivity index is 1.65. The van der Waals surface area contributed by atoms with Gasteiger partial charge in [0.1, 0.15) is 0 Å². The van der Waals surface area contributed by atoms with Crippen LogP contribution in [0.4, 0.5) is 17.1 Å². The van der Waals surface area contributed by atoms with Crippen molar-refractivity contribution in [3.8, 4) is 11.1 Å². The van der Waals surface area contributed by atoms with E-state index in [1.807, 2.05) is 11.8 Å². The molecule has 6 rings (SSSR count). The molecule has 0 bridgehead atoms. The molecule has 0 unspecified atom stereocenters. The molecule has 0 saturated carbocycles. The standard InChI is InChI=1S/C33H31Br2NS/c1-3-5-18-33(19-6-4-2)26-12-8-7-10-24(26)25-11-9-13-29(32(25)33)36-27-16-14-22(34)20-30(27)37-31-21-23(35)15-17-28(31)36/h7-17,20-21H,3-6,18-19H2,1-2H3. The molecule has 4 aromatic carbocycles. The molecule has 0 N–H and O–H groups in total. The summed E-state index contributed by atoms with van der Waals surface area (Å²) in [5, 5.41) is 0. The molecule has 37 heavy (non-hydrogen) atoms. The fourth-order valence-electron chi connectivity index (χ4n) is 6.34. The first-order chi connectivity index (χ1) is 18.1. The maximum atomic E-state index is 3.72. The normalized spacial score (nSPS) is 14.6. The highest BCUT2D eigenvalue weighted by molar-refractivity contribution is 9.10. The summed E-state index contributed by atoms with van der Waals surface area (Å²) in [5.41, 5.74) is 9.75. The Bertz CT molecular complexity index is 1420. The fourth-order valence-corrected chi connectivity index (χ4v) is 8.50. The molecule has 0 atom stereocenters. The number of nitrogens with zero attached hydrogens (tertiary/aromatic N) is 1. The van der Waals surface area contributed by atoms with E-state index in [1.165, 1.54) is 87.6 Å². The minimum atomic E-state index is 0.0319. The van der Waals surface area contributed by atoms with Gasteiger partial charge in [0.15, 0.2) is 0 Å². The van der Waals surface area contributed by atoms with Gasteiger partial charge in [0, 0.05) is 24.2 Å². The van der Waals surface area contributed by atoms with Crippen molar-refractivity contribution in [1.82, 2.24) is 0 Å². The summed E-state index contributed by atoms with van der Waals surface area (Å²) >= 11 is 9.30. The lowest BCUT2D eigenvalue weighted by molar-refractivity contribution is 0.415. The van der Waals surface area contributed by atoms with Crippen molar-refractivity contribution in [2.24, 2.45) is 0 Å². The number of hydrogen-bond donors (Lipinski definition) is 0. The van der Waals surface area contributed by atoms with E-state index >= 15 is 0 Å². The molecule has 188 valence electrons. The molecule has 0 amide bonds. The second kappa shape index (κ2) is 10.3. The van der Waals surface area contributed by atoms with Crippen LogP contribution in [0.2, 0.25) is 0 Å². The largest absolute Gasteiger partial charge is 0.308 e. The highest BCUT2D eigenvalue weighted by Gasteiger charge is 2.45. The van der Waals surface area contributed by atoms with Gasteiger partial charge in [-0.05, 0) is 77.6 Å². The highest BCUT2D eigenvalue weighted by Crippen LogP contribution is 2.60.